The fraction of sp³-hybridized carbons (Fsp3) is 0.700. The number of carboxylic acid groups (broad SMARTS) is 1. The third-order valence-electron chi connectivity index (χ3n) is 3.01. The third kappa shape index (κ3) is 1.62. The minimum absolute atomic E-state index is 0.0271. The van der Waals surface area contributed by atoms with E-state index in [2.05, 4.69) is 0 Å². The summed E-state index contributed by atoms with van der Waals surface area (Å²) in [7, 11) is 0. The van der Waals surface area contributed by atoms with Gasteiger partial charge in [-0.3, -0.25) is 14.5 Å². The summed E-state index contributed by atoms with van der Waals surface area (Å²) < 4.78 is 0. The Labute approximate surface area is 87.1 Å². The third-order valence-corrected chi connectivity index (χ3v) is 3.01. The molecule has 0 spiro atoms. The predicted molar refractivity (Wildman–Crippen MR) is 49.8 cm³/mol. The van der Waals surface area contributed by atoms with Gasteiger partial charge in [0.05, 0.1) is 0 Å². The standard InChI is InChI=1S/C10H13NO4/c1-5-4-7(12)11(9(5)13)8(10(14)15)6-2-3-6/h5-6,8H,2-4H2,1H3,(H,14,15). The van der Waals surface area contributed by atoms with E-state index in [0.717, 1.165) is 17.7 Å². The quantitative estimate of drug-likeness (QED) is 0.679. The molecule has 2 unspecified atom stereocenters. The molecule has 1 aliphatic carbocycles. The molecule has 1 saturated carbocycles. The molecule has 0 radical (unpaired) electrons. The molecule has 2 aliphatic rings. The van der Waals surface area contributed by atoms with E-state index in [9.17, 15) is 14.4 Å². The molecule has 2 rings (SSSR count). The smallest absolute Gasteiger partial charge is 0.327 e. The van der Waals surface area contributed by atoms with E-state index in [4.69, 9.17) is 5.11 Å². The maximum absolute atomic E-state index is 11.6. The van der Waals surface area contributed by atoms with Crippen molar-refractivity contribution in [2.75, 3.05) is 0 Å². The lowest BCUT2D eigenvalue weighted by Gasteiger charge is -2.22. The molecule has 5 nitrogen and oxygen atoms in total. The summed E-state index contributed by atoms with van der Waals surface area (Å²) in [6.45, 7) is 1.66. The molecule has 0 bridgehead atoms. The Balaban J connectivity index is 2.23. The van der Waals surface area contributed by atoms with Crippen LogP contribution in [0.4, 0.5) is 0 Å². The first-order valence-corrected chi connectivity index (χ1v) is 5.11. The molecule has 1 aliphatic heterocycles. The fourth-order valence-electron chi connectivity index (χ4n) is 2.03. The van der Waals surface area contributed by atoms with E-state index >= 15 is 0 Å². The van der Waals surface area contributed by atoms with Crippen molar-refractivity contribution in [1.29, 1.82) is 0 Å². The van der Waals surface area contributed by atoms with Crippen molar-refractivity contribution < 1.29 is 19.5 Å². The summed E-state index contributed by atoms with van der Waals surface area (Å²) in [4.78, 5) is 35.1. The minimum atomic E-state index is -1.06. The van der Waals surface area contributed by atoms with E-state index in [0.29, 0.717) is 0 Å². The van der Waals surface area contributed by atoms with Crippen molar-refractivity contribution in [1.82, 2.24) is 4.90 Å². The summed E-state index contributed by atoms with van der Waals surface area (Å²) in [6, 6.07) is -0.921. The van der Waals surface area contributed by atoms with Gasteiger partial charge in [-0.1, -0.05) is 6.92 Å². The average molecular weight is 211 g/mol. The zero-order valence-electron chi connectivity index (χ0n) is 8.47. The first-order chi connectivity index (χ1) is 7.02. The van der Waals surface area contributed by atoms with Crippen molar-refractivity contribution in [3.8, 4) is 0 Å². The molecule has 0 aromatic heterocycles. The number of amides is 2. The Hall–Kier alpha value is -1.39. The highest BCUT2D eigenvalue weighted by molar-refractivity contribution is 6.06. The van der Waals surface area contributed by atoms with Crippen molar-refractivity contribution in [3.05, 3.63) is 0 Å². The van der Waals surface area contributed by atoms with E-state index in [1.54, 1.807) is 6.92 Å². The van der Waals surface area contributed by atoms with Crippen LogP contribution >= 0.6 is 0 Å². The number of rotatable bonds is 3. The Morgan fingerprint density at radius 1 is 1.47 bits per heavy atom. The second-order valence-electron chi connectivity index (χ2n) is 4.33. The van der Waals surface area contributed by atoms with Gasteiger partial charge in [0.1, 0.15) is 6.04 Å². The van der Waals surface area contributed by atoms with Gasteiger partial charge in [0.2, 0.25) is 11.8 Å². The van der Waals surface area contributed by atoms with Crippen LogP contribution in [-0.2, 0) is 14.4 Å². The largest absolute Gasteiger partial charge is 0.480 e. The summed E-state index contributed by atoms with van der Waals surface area (Å²) >= 11 is 0. The molecule has 1 heterocycles. The number of carboxylic acids is 1. The lowest BCUT2D eigenvalue weighted by Crippen LogP contribution is -2.46. The minimum Gasteiger partial charge on any atom is -0.480 e. The monoisotopic (exact) mass is 211 g/mol. The van der Waals surface area contributed by atoms with Gasteiger partial charge in [-0.25, -0.2) is 4.79 Å². The van der Waals surface area contributed by atoms with Crippen LogP contribution in [0.2, 0.25) is 0 Å². The van der Waals surface area contributed by atoms with E-state index < -0.39 is 12.0 Å². The van der Waals surface area contributed by atoms with Crippen LogP contribution in [0.3, 0.4) is 0 Å². The normalized spacial score (nSPS) is 28.3. The molecule has 5 heteroatoms. The molecule has 82 valence electrons. The van der Waals surface area contributed by atoms with Gasteiger partial charge >= 0.3 is 5.97 Å². The van der Waals surface area contributed by atoms with E-state index in [1.807, 2.05) is 0 Å². The first kappa shape index (κ1) is 10.1. The van der Waals surface area contributed by atoms with Gasteiger partial charge in [0, 0.05) is 12.3 Å². The van der Waals surface area contributed by atoms with Crippen molar-refractivity contribution in [2.45, 2.75) is 32.2 Å². The number of hydrogen-bond acceptors (Lipinski definition) is 3. The number of carbonyl (C=O) groups is 3. The Morgan fingerprint density at radius 3 is 2.40 bits per heavy atom. The highest BCUT2D eigenvalue weighted by atomic mass is 16.4. The molecule has 1 saturated heterocycles. The number of likely N-dealkylation sites (tertiary alicyclic amines) is 1. The van der Waals surface area contributed by atoms with Gasteiger partial charge in [-0.2, -0.15) is 0 Å². The average Bonchev–Trinajstić information content (AvgIpc) is 2.91. The second-order valence-corrected chi connectivity index (χ2v) is 4.33. The summed E-state index contributed by atoms with van der Waals surface area (Å²) in [5.41, 5.74) is 0. The number of hydrogen-bond donors (Lipinski definition) is 1. The second kappa shape index (κ2) is 3.32. The molecule has 2 fully saturated rings. The number of nitrogens with zero attached hydrogens (tertiary/aromatic N) is 1. The van der Waals surface area contributed by atoms with Crippen LogP contribution < -0.4 is 0 Å². The van der Waals surface area contributed by atoms with Crippen LogP contribution in [0.1, 0.15) is 26.2 Å². The van der Waals surface area contributed by atoms with E-state index in [-0.39, 0.29) is 30.1 Å². The van der Waals surface area contributed by atoms with Gasteiger partial charge in [-0.15, -0.1) is 0 Å². The maximum Gasteiger partial charge on any atom is 0.327 e. The predicted octanol–water partition coefficient (Wildman–Crippen LogP) is 0.245. The summed E-state index contributed by atoms with van der Waals surface area (Å²) in [5, 5.41) is 9.02. The van der Waals surface area contributed by atoms with Crippen LogP contribution in [-0.4, -0.2) is 33.8 Å². The Kier molecular flexibility index (Phi) is 2.25. The molecular formula is C10H13NO4. The zero-order chi connectivity index (χ0) is 11.2. The van der Waals surface area contributed by atoms with Crippen LogP contribution in [0, 0.1) is 11.8 Å². The van der Waals surface area contributed by atoms with Gasteiger partial charge in [0.15, 0.2) is 0 Å². The van der Waals surface area contributed by atoms with Crippen LogP contribution in [0.15, 0.2) is 0 Å². The lowest BCUT2D eigenvalue weighted by atomic mass is 10.1. The number of carbonyl (C=O) groups excluding carboxylic acids is 2. The number of aliphatic carboxylic acids is 1. The molecule has 15 heavy (non-hydrogen) atoms. The first-order valence-electron chi connectivity index (χ1n) is 5.11. The summed E-state index contributed by atoms with van der Waals surface area (Å²) in [5.74, 6) is -2.13. The fourth-order valence-corrected chi connectivity index (χ4v) is 2.03. The maximum atomic E-state index is 11.6. The lowest BCUT2D eigenvalue weighted by molar-refractivity contribution is -0.155. The van der Waals surface area contributed by atoms with Gasteiger partial charge in [-0.05, 0) is 18.8 Å². The van der Waals surface area contributed by atoms with Gasteiger partial charge in [0.25, 0.3) is 0 Å². The molecule has 1 N–H and O–H groups in total. The van der Waals surface area contributed by atoms with Crippen LogP contribution in [0.5, 0.6) is 0 Å². The highest BCUT2D eigenvalue weighted by Crippen LogP contribution is 2.38. The molecule has 2 atom stereocenters. The van der Waals surface area contributed by atoms with Crippen molar-refractivity contribution in [3.63, 3.8) is 0 Å². The van der Waals surface area contributed by atoms with E-state index in [1.165, 1.54) is 0 Å². The Bertz CT molecular complexity index is 334. The molecule has 2 amide bonds. The zero-order valence-corrected chi connectivity index (χ0v) is 8.47. The van der Waals surface area contributed by atoms with Crippen molar-refractivity contribution in [2.24, 2.45) is 11.8 Å². The number of imide groups is 1. The molecule has 0 aromatic carbocycles. The SMILES string of the molecule is CC1CC(=O)N(C(C(=O)O)C2CC2)C1=O. The van der Waals surface area contributed by atoms with Gasteiger partial charge < -0.3 is 5.11 Å². The Morgan fingerprint density at radius 2 is 2.07 bits per heavy atom. The topological polar surface area (TPSA) is 74.7 Å². The molecular weight excluding hydrogens is 198 g/mol. The van der Waals surface area contributed by atoms with Crippen molar-refractivity contribution >= 4 is 17.8 Å². The molecule has 0 aromatic rings. The summed E-state index contributed by atoms with van der Waals surface area (Å²) in [6.07, 6.45) is 1.74. The van der Waals surface area contributed by atoms with Crippen LogP contribution in [0.25, 0.3) is 0 Å². The highest BCUT2D eigenvalue weighted by Gasteiger charge is 2.49.